The molecule has 0 radical (unpaired) electrons. The summed E-state index contributed by atoms with van der Waals surface area (Å²) in [6.45, 7) is 17.8. The second-order valence-electron chi connectivity index (χ2n) is 26.2. The Labute approximate surface area is 516 Å². The first-order valence-corrected chi connectivity index (χ1v) is 31.1. The van der Waals surface area contributed by atoms with E-state index < -0.39 is 5.41 Å². The van der Waals surface area contributed by atoms with Gasteiger partial charge in [0.1, 0.15) is 33.7 Å². The molecule has 430 valence electrons. The van der Waals surface area contributed by atoms with E-state index in [2.05, 4.69) is 289 Å². The quantitative estimate of drug-likeness (QED) is 0.141. The molecular formula is C83H64N2O4. The summed E-state index contributed by atoms with van der Waals surface area (Å²) in [5.41, 5.74) is 21.4. The molecule has 6 heteroatoms. The number of para-hydroxylation sites is 5. The van der Waals surface area contributed by atoms with Crippen LogP contribution in [0.2, 0.25) is 0 Å². The predicted molar refractivity (Wildman–Crippen MR) is 370 cm³/mol. The van der Waals surface area contributed by atoms with Gasteiger partial charge in [0.2, 0.25) is 0 Å². The van der Waals surface area contributed by atoms with E-state index in [-0.39, 0.29) is 10.8 Å². The number of nitrogens with zero attached hydrogens (tertiary/aromatic N) is 2. The second-order valence-corrected chi connectivity index (χ2v) is 26.2. The predicted octanol–water partition coefficient (Wildman–Crippen LogP) is 23.5. The van der Waals surface area contributed by atoms with Gasteiger partial charge in [-0.2, -0.15) is 0 Å². The molecule has 4 heterocycles. The molecule has 0 bridgehead atoms. The normalized spacial score (nSPS) is 14.4. The first-order valence-electron chi connectivity index (χ1n) is 31.1. The fourth-order valence-corrected chi connectivity index (χ4v) is 14.9. The van der Waals surface area contributed by atoms with Crippen molar-refractivity contribution in [2.24, 2.45) is 5.41 Å². The van der Waals surface area contributed by atoms with Crippen molar-refractivity contribution >= 4 is 123 Å². The molecule has 6 nitrogen and oxygen atoms in total. The molecule has 0 amide bonds. The molecule has 1 spiro atoms. The number of hydrogen-bond acceptors (Lipinski definition) is 6. The molecule has 0 N–H and O–H groups in total. The fraction of sp³-hybridized carbons (Fsp3) is 0.133. The second kappa shape index (κ2) is 19.5. The van der Waals surface area contributed by atoms with Crippen molar-refractivity contribution < 1.29 is 17.7 Å². The third-order valence-electron chi connectivity index (χ3n) is 19.1. The number of furan rings is 4. The van der Waals surface area contributed by atoms with Crippen molar-refractivity contribution in [1.82, 2.24) is 0 Å². The number of benzene rings is 10. The summed E-state index contributed by atoms with van der Waals surface area (Å²) in [4.78, 5) is 4.80. The fourth-order valence-electron chi connectivity index (χ4n) is 14.9. The number of aryl methyl sites for hydroxylation is 1. The minimum atomic E-state index is -0.997. The zero-order chi connectivity index (χ0) is 60.1. The van der Waals surface area contributed by atoms with Gasteiger partial charge in [-0.1, -0.05) is 224 Å². The van der Waals surface area contributed by atoms with Crippen molar-refractivity contribution in [3.63, 3.8) is 0 Å². The van der Waals surface area contributed by atoms with E-state index in [1.54, 1.807) is 0 Å². The van der Waals surface area contributed by atoms with E-state index in [0.717, 1.165) is 157 Å². The SMILES string of the molecule is C=C/C=C(\C=C/N(c1cccc2c1oc1ccccc12)c1cc2c(c3oc4c(c13)C=CCC4)C=Cc1c(cc(N(c3ccc(C(C)(C)C)cc3)c3cccc4c3oc3ccccc34)c3c1oc1ccccc13)C21c2ccccc2-c2ccccc21)C(C)(C)C. The highest BCUT2D eigenvalue weighted by Crippen LogP contribution is 2.63. The molecule has 4 aromatic heterocycles. The Bertz CT molecular complexity index is 5390. The average molecular weight is 1150 g/mol. The summed E-state index contributed by atoms with van der Waals surface area (Å²) < 4.78 is 29.2. The average Bonchev–Trinajstić information content (AvgIpc) is 1.54. The first kappa shape index (κ1) is 52.7. The lowest BCUT2D eigenvalue weighted by Crippen LogP contribution is -2.31. The van der Waals surface area contributed by atoms with Gasteiger partial charge >= 0.3 is 0 Å². The molecule has 0 aliphatic heterocycles. The smallest absolute Gasteiger partial charge is 0.159 e. The molecule has 0 unspecified atom stereocenters. The lowest BCUT2D eigenvalue weighted by atomic mass is 9.65. The largest absolute Gasteiger partial charge is 0.460 e. The Kier molecular flexibility index (Phi) is 11.5. The van der Waals surface area contributed by atoms with Crippen LogP contribution >= 0.6 is 0 Å². The summed E-state index contributed by atoms with van der Waals surface area (Å²) in [5.74, 6) is 0.969. The monoisotopic (exact) mass is 1150 g/mol. The van der Waals surface area contributed by atoms with Crippen LogP contribution in [0.4, 0.5) is 28.4 Å². The van der Waals surface area contributed by atoms with Gasteiger partial charge < -0.3 is 27.5 Å². The summed E-state index contributed by atoms with van der Waals surface area (Å²) in [6, 6.07) is 70.6. The lowest BCUT2D eigenvalue weighted by Gasteiger charge is -2.37. The molecule has 14 aromatic rings. The highest BCUT2D eigenvalue weighted by atomic mass is 16.3. The van der Waals surface area contributed by atoms with Crippen molar-refractivity contribution in [1.29, 1.82) is 0 Å². The van der Waals surface area contributed by atoms with Crippen LogP contribution in [0.15, 0.2) is 254 Å². The molecule has 0 saturated carbocycles. The van der Waals surface area contributed by atoms with Gasteiger partial charge in [0, 0.05) is 61.9 Å². The Morgan fingerprint density at radius 1 is 0.472 bits per heavy atom. The van der Waals surface area contributed by atoms with Crippen LogP contribution in [0.1, 0.15) is 98.2 Å². The van der Waals surface area contributed by atoms with Crippen LogP contribution in [0.3, 0.4) is 0 Å². The van der Waals surface area contributed by atoms with Crippen LogP contribution < -0.4 is 9.80 Å². The molecule has 0 atom stereocenters. The first-order chi connectivity index (χ1) is 43.4. The van der Waals surface area contributed by atoms with Crippen LogP contribution in [0, 0.1) is 5.41 Å². The van der Waals surface area contributed by atoms with E-state index in [0.29, 0.717) is 0 Å². The van der Waals surface area contributed by atoms with E-state index in [4.69, 9.17) is 17.7 Å². The minimum Gasteiger partial charge on any atom is -0.460 e. The van der Waals surface area contributed by atoms with E-state index in [1.807, 2.05) is 12.1 Å². The number of hydrogen-bond donors (Lipinski definition) is 0. The Morgan fingerprint density at radius 2 is 1.00 bits per heavy atom. The zero-order valence-corrected chi connectivity index (χ0v) is 50.7. The summed E-state index contributed by atoms with van der Waals surface area (Å²) in [6.07, 6.45) is 19.4. The van der Waals surface area contributed by atoms with Crippen LogP contribution in [-0.2, 0) is 17.3 Å². The van der Waals surface area contributed by atoms with Crippen LogP contribution in [-0.4, -0.2) is 0 Å². The van der Waals surface area contributed by atoms with E-state index in [9.17, 15) is 0 Å². The van der Waals surface area contributed by atoms with Crippen molar-refractivity contribution in [2.45, 2.75) is 65.2 Å². The van der Waals surface area contributed by atoms with E-state index in [1.165, 1.54) is 27.8 Å². The summed E-state index contributed by atoms with van der Waals surface area (Å²) in [7, 11) is 0. The highest BCUT2D eigenvalue weighted by molar-refractivity contribution is 6.20. The van der Waals surface area contributed by atoms with Gasteiger partial charge in [0.05, 0.1) is 38.9 Å². The highest BCUT2D eigenvalue weighted by Gasteiger charge is 2.51. The molecular weight excluding hydrogens is 1090 g/mol. The number of anilines is 5. The maximum atomic E-state index is 7.57. The minimum absolute atomic E-state index is 0.0789. The maximum absolute atomic E-state index is 7.57. The van der Waals surface area contributed by atoms with Gasteiger partial charge in [-0.3, -0.25) is 0 Å². The third-order valence-corrected chi connectivity index (χ3v) is 19.1. The van der Waals surface area contributed by atoms with E-state index >= 15 is 0 Å². The standard InChI is InChI=1S/C83H64N2O4/c1-8-23-50(81(2,3)4)46-47-84(67-34-21-30-57-55-26-11-17-36-71(55)86-77(57)67)69-48-65-59(79-75(69)61-28-13-19-38-73(61)88-79)44-45-60-66(83(65)63-32-15-9-24-53(63)54-25-10-16-33-64(54)83)49-70(76-62-29-14-20-39-74(62)89-80(60)76)85(52-42-40-51(41-43-52)82(5,6)7)68-35-22-31-58-56-27-12-18-37-72(56)87-78(58)68/h8-18,20-37,39-49H,1,19,38H2,2-7H3/b47-46-,50-23+. The molecule has 10 aromatic carbocycles. The van der Waals surface area contributed by atoms with Gasteiger partial charge in [0.15, 0.2) is 11.2 Å². The number of rotatable bonds is 8. The van der Waals surface area contributed by atoms with Gasteiger partial charge in [-0.15, -0.1) is 0 Å². The van der Waals surface area contributed by atoms with Gasteiger partial charge in [0.25, 0.3) is 0 Å². The Hall–Kier alpha value is -10.6. The molecule has 17 rings (SSSR count). The Morgan fingerprint density at radius 3 is 1.62 bits per heavy atom. The van der Waals surface area contributed by atoms with Crippen molar-refractivity contribution in [3.05, 3.63) is 287 Å². The Balaban J connectivity index is 1.05. The van der Waals surface area contributed by atoms with Crippen molar-refractivity contribution in [2.75, 3.05) is 9.80 Å². The molecule has 0 fully saturated rings. The zero-order valence-electron chi connectivity index (χ0n) is 50.7. The number of fused-ring (bicyclic) bond motifs is 23. The van der Waals surface area contributed by atoms with Gasteiger partial charge in [-0.05, 0) is 122 Å². The summed E-state index contributed by atoms with van der Waals surface area (Å²) >= 11 is 0. The topological polar surface area (TPSA) is 59.0 Å². The van der Waals surface area contributed by atoms with Crippen molar-refractivity contribution in [3.8, 4) is 11.1 Å². The number of allylic oxidation sites excluding steroid dienone is 5. The molecule has 3 aliphatic rings. The molecule has 89 heavy (non-hydrogen) atoms. The lowest BCUT2D eigenvalue weighted by molar-refractivity contribution is 0.517. The third kappa shape index (κ3) is 7.75. The molecule has 3 aliphatic carbocycles. The van der Waals surface area contributed by atoms with Crippen LogP contribution in [0.5, 0.6) is 0 Å². The van der Waals surface area contributed by atoms with Gasteiger partial charge in [-0.25, -0.2) is 0 Å². The van der Waals surface area contributed by atoms with Crippen LogP contribution in [0.25, 0.3) is 106 Å². The maximum Gasteiger partial charge on any atom is 0.159 e. The summed E-state index contributed by atoms with van der Waals surface area (Å²) in [5, 5.41) is 7.26. The molecule has 0 saturated heterocycles.